The minimum Gasteiger partial charge on any atom is -0.221 e. The Bertz CT molecular complexity index is 256. The second kappa shape index (κ2) is 3.46. The van der Waals surface area contributed by atoms with Crippen LogP contribution < -0.4 is 0 Å². The molecule has 13 heavy (non-hydrogen) atoms. The van der Waals surface area contributed by atoms with E-state index in [1.807, 2.05) is 0 Å². The third kappa shape index (κ3) is 1.54. The summed E-state index contributed by atoms with van der Waals surface area (Å²) in [4.78, 5) is 0. The topological polar surface area (TPSA) is 0 Å². The van der Waals surface area contributed by atoms with Crippen molar-refractivity contribution in [2.75, 3.05) is 0 Å². The van der Waals surface area contributed by atoms with Crippen molar-refractivity contribution in [3.05, 3.63) is 8.96 Å². The van der Waals surface area contributed by atoms with Crippen LogP contribution in [0.2, 0.25) is 0 Å². The maximum atomic E-state index is 13.6. The maximum Gasteiger partial charge on any atom is 0.326 e. The van der Waals surface area contributed by atoms with Crippen molar-refractivity contribution in [2.45, 2.75) is 13.7 Å². The normalized spacial score (nSPS) is 36.9. The quantitative estimate of drug-likeness (QED) is 0.389. The van der Waals surface area contributed by atoms with Gasteiger partial charge >= 0.3 is 5.92 Å². The number of hydrogen-bond donors (Lipinski definition) is 0. The first kappa shape index (κ1) is 13.0. The molecular weight excluding hydrogens is 517 g/mol. The van der Waals surface area contributed by atoms with Crippen LogP contribution in [0.5, 0.6) is 0 Å². The molecule has 0 nitrogen and oxygen atoms in total. The van der Waals surface area contributed by atoms with E-state index in [2.05, 4.69) is 79.6 Å². The summed E-state index contributed by atoms with van der Waals surface area (Å²) in [6.45, 7) is 0. The van der Waals surface area contributed by atoms with Gasteiger partial charge in [0.1, 0.15) is 0 Å². The number of hydrogen-bond acceptors (Lipinski definition) is 0. The Kier molecular flexibility index (Phi) is 3.46. The molecule has 76 valence electrons. The Morgan fingerprint density at radius 3 is 1.31 bits per heavy atom. The van der Waals surface area contributed by atoms with Gasteiger partial charge in [-0.1, -0.05) is 47.8 Å². The zero-order valence-electron chi connectivity index (χ0n) is 5.52. The van der Waals surface area contributed by atoms with Crippen molar-refractivity contribution in [1.29, 1.82) is 0 Å². The predicted octanol–water partition coefficient (Wildman–Crippen LogP) is 5.18. The minimum atomic E-state index is -3.64. The highest BCUT2D eigenvalue weighted by Gasteiger charge is 2.73. The van der Waals surface area contributed by atoms with Gasteiger partial charge in [-0.05, 0) is 31.9 Å². The first-order valence-corrected chi connectivity index (χ1v) is 6.73. The van der Waals surface area contributed by atoms with E-state index in [0.29, 0.717) is 0 Å². The summed E-state index contributed by atoms with van der Waals surface area (Å²) in [5, 5.41) is 0. The van der Waals surface area contributed by atoms with E-state index >= 15 is 0 Å². The smallest absolute Gasteiger partial charge is 0.221 e. The molecule has 0 heterocycles. The summed E-state index contributed by atoms with van der Waals surface area (Å²) >= 11 is 13.5. The molecular formula is C5Br5F3. The molecule has 0 aromatic heterocycles. The van der Waals surface area contributed by atoms with Crippen LogP contribution in [0.4, 0.5) is 13.2 Å². The summed E-state index contributed by atoms with van der Waals surface area (Å²) in [7, 11) is 0. The first-order chi connectivity index (χ1) is 5.57. The van der Waals surface area contributed by atoms with Gasteiger partial charge in [-0.2, -0.15) is 8.78 Å². The van der Waals surface area contributed by atoms with Gasteiger partial charge in [0.15, 0.2) is 3.23 Å². The minimum absolute atomic E-state index is 0.0237. The van der Waals surface area contributed by atoms with Gasteiger partial charge in [0.2, 0.25) is 0 Å². The molecule has 1 rings (SSSR count). The summed E-state index contributed by atoms with van der Waals surface area (Å²) in [6.07, 6.45) is 0. The van der Waals surface area contributed by atoms with Crippen LogP contribution in [-0.2, 0) is 0 Å². The molecule has 1 aliphatic carbocycles. The molecule has 0 amide bonds. The fraction of sp³-hybridized carbons (Fsp3) is 0.600. The molecule has 0 bridgehead atoms. The van der Waals surface area contributed by atoms with E-state index in [1.165, 1.54) is 0 Å². The Morgan fingerprint density at radius 2 is 1.23 bits per heavy atom. The van der Waals surface area contributed by atoms with Gasteiger partial charge in [0, 0.05) is 4.48 Å². The highest BCUT2D eigenvalue weighted by atomic mass is 79.9. The highest BCUT2D eigenvalue weighted by Crippen LogP contribution is 2.67. The molecule has 0 aromatic carbocycles. The lowest BCUT2D eigenvalue weighted by molar-refractivity contribution is -0.0334. The third-order valence-corrected chi connectivity index (χ3v) is 9.06. The molecule has 0 radical (unpaired) electrons. The summed E-state index contributed by atoms with van der Waals surface area (Å²) in [5.41, 5.74) is 0. The zero-order valence-corrected chi connectivity index (χ0v) is 13.5. The summed E-state index contributed by atoms with van der Waals surface area (Å²) in [5.74, 6) is -3.64. The molecule has 8 heteroatoms. The van der Waals surface area contributed by atoms with Gasteiger partial charge in [-0.15, -0.1) is 0 Å². The van der Waals surface area contributed by atoms with Crippen molar-refractivity contribution in [3.63, 3.8) is 0 Å². The van der Waals surface area contributed by atoms with Crippen LogP contribution in [0.3, 0.4) is 0 Å². The number of allylic oxidation sites excluding steroid dienone is 2. The Labute approximate surface area is 114 Å². The largest absolute Gasteiger partial charge is 0.326 e. The molecule has 1 atom stereocenters. The predicted molar refractivity (Wildman–Crippen MR) is 63.2 cm³/mol. The fourth-order valence-electron chi connectivity index (χ4n) is 0.749. The van der Waals surface area contributed by atoms with Gasteiger partial charge < -0.3 is 0 Å². The number of halogens is 8. The van der Waals surface area contributed by atoms with Crippen molar-refractivity contribution < 1.29 is 13.2 Å². The average Bonchev–Trinajstić information content (AvgIpc) is 2.05. The molecule has 0 aliphatic heterocycles. The third-order valence-electron chi connectivity index (χ3n) is 1.53. The molecule has 0 spiro atoms. The van der Waals surface area contributed by atoms with Crippen molar-refractivity contribution in [1.82, 2.24) is 0 Å². The van der Waals surface area contributed by atoms with Crippen molar-refractivity contribution in [3.8, 4) is 0 Å². The van der Waals surface area contributed by atoms with E-state index in [0.717, 1.165) is 0 Å². The molecule has 1 aliphatic rings. The Balaban J connectivity index is 3.39. The van der Waals surface area contributed by atoms with Crippen molar-refractivity contribution in [2.24, 2.45) is 0 Å². The van der Waals surface area contributed by atoms with Gasteiger partial charge in [-0.3, -0.25) is 0 Å². The van der Waals surface area contributed by atoms with E-state index in [9.17, 15) is 13.2 Å². The molecule has 0 saturated carbocycles. The molecule has 0 N–H and O–H groups in total. The molecule has 0 fully saturated rings. The standard InChI is InChI=1S/C5Br5F3/c6-1-2(7)4(11,12)5(10,13)3(1,8)9. The SMILES string of the molecule is FC1(F)C(Br)=C(Br)C(Br)(Br)C1(F)Br. The first-order valence-electron chi connectivity index (χ1n) is 2.76. The van der Waals surface area contributed by atoms with E-state index in [-0.39, 0.29) is 4.48 Å². The monoisotopic (exact) mass is 512 g/mol. The maximum absolute atomic E-state index is 13.6. The van der Waals surface area contributed by atoms with Gasteiger partial charge in [0.05, 0.1) is 4.48 Å². The molecule has 0 saturated heterocycles. The number of rotatable bonds is 0. The van der Waals surface area contributed by atoms with E-state index in [1.54, 1.807) is 0 Å². The van der Waals surface area contributed by atoms with Crippen LogP contribution in [-0.4, -0.2) is 13.7 Å². The highest BCUT2D eigenvalue weighted by molar-refractivity contribution is 9.27. The fourth-order valence-corrected chi connectivity index (χ4v) is 4.20. The van der Waals surface area contributed by atoms with Crippen LogP contribution in [0, 0.1) is 0 Å². The van der Waals surface area contributed by atoms with E-state index < -0.39 is 18.2 Å². The lowest BCUT2D eigenvalue weighted by Gasteiger charge is -2.29. The lowest BCUT2D eigenvalue weighted by atomic mass is 10.2. The zero-order chi connectivity index (χ0) is 10.7. The van der Waals surface area contributed by atoms with Gasteiger partial charge in [0.25, 0.3) is 4.58 Å². The Hall–Kier alpha value is 1.93. The van der Waals surface area contributed by atoms with Crippen LogP contribution in [0.25, 0.3) is 0 Å². The summed E-state index contributed by atoms with van der Waals surface area (Å²) in [6, 6.07) is 0. The van der Waals surface area contributed by atoms with Crippen LogP contribution in [0.15, 0.2) is 8.96 Å². The van der Waals surface area contributed by atoms with Gasteiger partial charge in [-0.25, -0.2) is 4.39 Å². The summed E-state index contributed by atoms with van der Waals surface area (Å²) < 4.78 is 35.0. The van der Waals surface area contributed by atoms with Crippen LogP contribution in [0.1, 0.15) is 0 Å². The van der Waals surface area contributed by atoms with Crippen LogP contribution >= 0.6 is 79.6 Å². The second-order valence-electron chi connectivity index (χ2n) is 2.35. The van der Waals surface area contributed by atoms with E-state index in [4.69, 9.17) is 0 Å². The Morgan fingerprint density at radius 1 is 0.846 bits per heavy atom. The second-order valence-corrected chi connectivity index (χ2v) is 8.47. The van der Waals surface area contributed by atoms with Crippen molar-refractivity contribution >= 4 is 79.6 Å². The average molecular weight is 517 g/mol. The lowest BCUT2D eigenvalue weighted by Crippen LogP contribution is -2.45. The molecule has 0 aromatic rings. The number of alkyl halides is 6. The molecule has 1 unspecified atom stereocenters.